The highest BCUT2D eigenvalue weighted by atomic mass is 15.2. The van der Waals surface area contributed by atoms with Crippen molar-refractivity contribution in [3.8, 4) is 0 Å². The molecule has 1 aliphatic heterocycles. The average Bonchev–Trinajstić information content (AvgIpc) is 2.46. The molecular weight excluding hydrogens is 172 g/mol. The summed E-state index contributed by atoms with van der Waals surface area (Å²) in [6.07, 6.45) is 3.99. The van der Waals surface area contributed by atoms with Crippen LogP contribution in [0.4, 0.5) is 0 Å². The van der Waals surface area contributed by atoms with Crippen molar-refractivity contribution < 1.29 is 0 Å². The predicted octanol–water partition coefficient (Wildman–Crippen LogP) is 2.11. The number of hydrogen-bond donors (Lipinski definition) is 1. The summed E-state index contributed by atoms with van der Waals surface area (Å²) in [6.45, 7) is 10.9. The van der Waals surface area contributed by atoms with Crippen LogP contribution in [0.25, 0.3) is 0 Å². The molecule has 0 aliphatic carbocycles. The van der Waals surface area contributed by atoms with E-state index in [1.165, 1.54) is 32.4 Å². The fourth-order valence-corrected chi connectivity index (χ4v) is 2.29. The molecule has 14 heavy (non-hydrogen) atoms. The fraction of sp³-hybridized carbons (Fsp3) is 1.00. The van der Waals surface area contributed by atoms with Gasteiger partial charge in [0.15, 0.2) is 0 Å². The molecule has 0 spiro atoms. The Morgan fingerprint density at radius 1 is 1.43 bits per heavy atom. The second-order valence-electron chi connectivity index (χ2n) is 5.48. The number of nitrogens with one attached hydrogen (secondary N) is 1. The standard InChI is InChI=1S/C12H26N2/c1-11(6-5-8-13-4)14-9-7-12(2,3)10-14/h11,13H,5-10H2,1-4H3. The van der Waals surface area contributed by atoms with Gasteiger partial charge in [0.25, 0.3) is 0 Å². The van der Waals surface area contributed by atoms with Crippen molar-refractivity contribution in [2.45, 2.75) is 46.1 Å². The van der Waals surface area contributed by atoms with E-state index in [0.717, 1.165) is 12.6 Å². The summed E-state index contributed by atoms with van der Waals surface area (Å²) in [4.78, 5) is 2.65. The van der Waals surface area contributed by atoms with Crippen LogP contribution in [0.5, 0.6) is 0 Å². The minimum Gasteiger partial charge on any atom is -0.320 e. The minimum atomic E-state index is 0.553. The second-order valence-corrected chi connectivity index (χ2v) is 5.48. The van der Waals surface area contributed by atoms with Crippen LogP contribution in [-0.2, 0) is 0 Å². The summed E-state index contributed by atoms with van der Waals surface area (Å²) in [5, 5.41) is 3.21. The van der Waals surface area contributed by atoms with Gasteiger partial charge in [-0.25, -0.2) is 0 Å². The van der Waals surface area contributed by atoms with Crippen LogP contribution in [0.2, 0.25) is 0 Å². The quantitative estimate of drug-likeness (QED) is 0.681. The van der Waals surface area contributed by atoms with E-state index in [-0.39, 0.29) is 0 Å². The van der Waals surface area contributed by atoms with Crippen molar-refractivity contribution in [3.05, 3.63) is 0 Å². The highest BCUT2D eigenvalue weighted by molar-refractivity contribution is 4.85. The third kappa shape index (κ3) is 3.58. The van der Waals surface area contributed by atoms with Gasteiger partial charge in [-0.05, 0) is 51.7 Å². The van der Waals surface area contributed by atoms with E-state index < -0.39 is 0 Å². The number of hydrogen-bond acceptors (Lipinski definition) is 2. The number of nitrogens with zero attached hydrogens (tertiary/aromatic N) is 1. The Labute approximate surface area is 89.1 Å². The van der Waals surface area contributed by atoms with Gasteiger partial charge < -0.3 is 10.2 Å². The van der Waals surface area contributed by atoms with E-state index in [1.807, 2.05) is 7.05 Å². The van der Waals surface area contributed by atoms with Gasteiger partial charge in [-0.15, -0.1) is 0 Å². The molecule has 2 nitrogen and oxygen atoms in total. The highest BCUT2D eigenvalue weighted by Crippen LogP contribution is 2.30. The lowest BCUT2D eigenvalue weighted by Gasteiger charge is -2.26. The van der Waals surface area contributed by atoms with Crippen LogP contribution in [-0.4, -0.2) is 37.6 Å². The van der Waals surface area contributed by atoms with E-state index in [2.05, 4.69) is 31.0 Å². The van der Waals surface area contributed by atoms with E-state index in [1.54, 1.807) is 0 Å². The lowest BCUT2D eigenvalue weighted by Crippen LogP contribution is -2.32. The smallest absolute Gasteiger partial charge is 0.00676 e. The maximum atomic E-state index is 3.21. The van der Waals surface area contributed by atoms with Gasteiger partial charge in [0.05, 0.1) is 0 Å². The largest absolute Gasteiger partial charge is 0.320 e. The molecule has 1 atom stereocenters. The van der Waals surface area contributed by atoms with Crippen LogP contribution in [0.15, 0.2) is 0 Å². The molecule has 0 amide bonds. The van der Waals surface area contributed by atoms with Crippen molar-refractivity contribution in [1.82, 2.24) is 10.2 Å². The molecule has 0 aromatic heterocycles. The normalized spacial score (nSPS) is 24.0. The highest BCUT2D eigenvalue weighted by Gasteiger charge is 2.31. The number of likely N-dealkylation sites (tertiary alicyclic amines) is 1. The molecule has 2 heteroatoms. The molecule has 0 bridgehead atoms. The van der Waals surface area contributed by atoms with Crippen LogP contribution < -0.4 is 5.32 Å². The second kappa shape index (κ2) is 5.13. The van der Waals surface area contributed by atoms with Gasteiger partial charge in [-0.3, -0.25) is 0 Å². The Bertz CT molecular complexity index is 166. The van der Waals surface area contributed by atoms with Crippen LogP contribution in [0, 0.1) is 5.41 Å². The topological polar surface area (TPSA) is 15.3 Å². The van der Waals surface area contributed by atoms with E-state index in [9.17, 15) is 0 Å². The summed E-state index contributed by atoms with van der Waals surface area (Å²) in [7, 11) is 2.03. The van der Waals surface area contributed by atoms with Gasteiger partial charge in [-0.2, -0.15) is 0 Å². The third-order valence-electron chi connectivity index (χ3n) is 3.38. The van der Waals surface area contributed by atoms with Crippen molar-refractivity contribution in [1.29, 1.82) is 0 Å². The van der Waals surface area contributed by atoms with E-state index >= 15 is 0 Å². The Hall–Kier alpha value is -0.0800. The monoisotopic (exact) mass is 198 g/mol. The molecular formula is C12H26N2. The zero-order valence-electron chi connectivity index (χ0n) is 10.3. The molecule has 1 saturated heterocycles. The van der Waals surface area contributed by atoms with Crippen LogP contribution in [0.3, 0.4) is 0 Å². The molecule has 1 fully saturated rings. The Morgan fingerprint density at radius 2 is 2.14 bits per heavy atom. The third-order valence-corrected chi connectivity index (χ3v) is 3.38. The van der Waals surface area contributed by atoms with Crippen molar-refractivity contribution >= 4 is 0 Å². The summed E-state index contributed by atoms with van der Waals surface area (Å²) in [6, 6.07) is 0.769. The Kier molecular flexibility index (Phi) is 4.39. The van der Waals surface area contributed by atoms with Gasteiger partial charge in [0, 0.05) is 12.6 Å². The van der Waals surface area contributed by atoms with Crippen molar-refractivity contribution in [3.63, 3.8) is 0 Å². The van der Waals surface area contributed by atoms with Crippen LogP contribution in [0.1, 0.15) is 40.0 Å². The molecule has 1 unspecified atom stereocenters. The summed E-state index contributed by atoms with van der Waals surface area (Å²) >= 11 is 0. The SMILES string of the molecule is CNCCCC(C)N1CCC(C)(C)C1. The number of rotatable bonds is 5. The first-order valence-corrected chi connectivity index (χ1v) is 5.94. The van der Waals surface area contributed by atoms with Crippen molar-refractivity contribution in [2.24, 2.45) is 5.41 Å². The molecule has 0 aromatic carbocycles. The van der Waals surface area contributed by atoms with Gasteiger partial charge in [-0.1, -0.05) is 13.8 Å². The van der Waals surface area contributed by atoms with Gasteiger partial charge >= 0.3 is 0 Å². The Balaban J connectivity index is 2.22. The average molecular weight is 198 g/mol. The molecule has 0 saturated carbocycles. The molecule has 1 rings (SSSR count). The predicted molar refractivity (Wildman–Crippen MR) is 62.6 cm³/mol. The van der Waals surface area contributed by atoms with E-state index in [4.69, 9.17) is 0 Å². The Morgan fingerprint density at radius 3 is 2.64 bits per heavy atom. The van der Waals surface area contributed by atoms with Crippen LogP contribution >= 0.6 is 0 Å². The van der Waals surface area contributed by atoms with Crippen molar-refractivity contribution in [2.75, 3.05) is 26.7 Å². The lowest BCUT2D eigenvalue weighted by molar-refractivity contribution is 0.218. The van der Waals surface area contributed by atoms with Gasteiger partial charge in [0.2, 0.25) is 0 Å². The summed E-state index contributed by atoms with van der Waals surface area (Å²) < 4.78 is 0. The first kappa shape index (κ1) is 12.0. The molecule has 84 valence electrons. The molecule has 1 aliphatic rings. The zero-order valence-corrected chi connectivity index (χ0v) is 10.3. The zero-order chi connectivity index (χ0) is 10.6. The first-order chi connectivity index (χ1) is 6.55. The fourth-order valence-electron chi connectivity index (χ4n) is 2.29. The molecule has 1 N–H and O–H groups in total. The molecule has 0 radical (unpaired) electrons. The molecule has 1 heterocycles. The van der Waals surface area contributed by atoms with E-state index in [0.29, 0.717) is 5.41 Å². The summed E-state index contributed by atoms with van der Waals surface area (Å²) in [5.41, 5.74) is 0.553. The first-order valence-electron chi connectivity index (χ1n) is 5.94. The van der Waals surface area contributed by atoms with Gasteiger partial charge in [0.1, 0.15) is 0 Å². The molecule has 0 aromatic rings. The maximum absolute atomic E-state index is 3.21. The maximum Gasteiger partial charge on any atom is 0.00676 e. The minimum absolute atomic E-state index is 0.553. The lowest BCUT2D eigenvalue weighted by atomic mass is 9.93. The summed E-state index contributed by atoms with van der Waals surface area (Å²) in [5.74, 6) is 0.